The molecule has 0 N–H and O–H groups in total. The normalized spacial score (nSPS) is 11.8. The highest BCUT2D eigenvalue weighted by Gasteiger charge is 2.33. The van der Waals surface area contributed by atoms with Gasteiger partial charge in [0, 0.05) is 5.88 Å². The van der Waals surface area contributed by atoms with Crippen LogP contribution >= 0.6 is 23.2 Å². The van der Waals surface area contributed by atoms with Crippen LogP contribution in [-0.2, 0) is 12.1 Å². The highest BCUT2D eigenvalue weighted by Crippen LogP contribution is 2.36. The first kappa shape index (κ1) is 10.7. The van der Waals surface area contributed by atoms with Crippen molar-refractivity contribution in [1.29, 1.82) is 0 Å². The Morgan fingerprint density at radius 1 is 1.38 bits per heavy atom. The lowest BCUT2D eigenvalue weighted by Gasteiger charge is -2.09. The standard InChI is InChI=1S/C8H4Cl2F3/c9-4-5-2-1-3-6(7(5)10)8(11,12)13/h1-2H,4H2. The lowest BCUT2D eigenvalue weighted by molar-refractivity contribution is -0.137. The minimum Gasteiger partial charge on any atom is -0.166 e. The van der Waals surface area contributed by atoms with Gasteiger partial charge in [0.15, 0.2) is 0 Å². The van der Waals surface area contributed by atoms with Crippen LogP contribution in [0, 0.1) is 6.07 Å². The van der Waals surface area contributed by atoms with Gasteiger partial charge in [-0.1, -0.05) is 23.7 Å². The van der Waals surface area contributed by atoms with Crippen LogP contribution < -0.4 is 0 Å². The number of halogens is 5. The van der Waals surface area contributed by atoms with E-state index in [2.05, 4.69) is 0 Å². The van der Waals surface area contributed by atoms with Gasteiger partial charge in [0.05, 0.1) is 10.6 Å². The quantitative estimate of drug-likeness (QED) is 0.639. The smallest absolute Gasteiger partial charge is 0.166 e. The van der Waals surface area contributed by atoms with Crippen molar-refractivity contribution in [2.45, 2.75) is 12.1 Å². The third-order valence-corrected chi connectivity index (χ3v) is 2.16. The average molecular weight is 228 g/mol. The minimum atomic E-state index is -4.47. The summed E-state index contributed by atoms with van der Waals surface area (Å²) in [5, 5.41) is -0.370. The van der Waals surface area contributed by atoms with E-state index in [0.29, 0.717) is 0 Å². The lowest BCUT2D eigenvalue weighted by Crippen LogP contribution is -2.06. The Kier molecular flexibility index (Phi) is 3.09. The zero-order valence-electron chi connectivity index (χ0n) is 6.25. The third kappa shape index (κ3) is 2.29. The Hall–Kier alpha value is -0.410. The zero-order valence-corrected chi connectivity index (χ0v) is 7.76. The Morgan fingerprint density at radius 3 is 2.46 bits per heavy atom. The summed E-state index contributed by atoms with van der Waals surface area (Å²) in [4.78, 5) is 0. The second-order valence-corrected chi connectivity index (χ2v) is 2.97. The predicted molar refractivity (Wildman–Crippen MR) is 44.8 cm³/mol. The molecule has 0 aliphatic carbocycles. The topological polar surface area (TPSA) is 0 Å². The van der Waals surface area contributed by atoms with Gasteiger partial charge in [-0.2, -0.15) is 13.2 Å². The molecule has 0 unspecified atom stereocenters. The lowest BCUT2D eigenvalue weighted by atomic mass is 10.1. The molecule has 1 radical (unpaired) electrons. The molecule has 0 aromatic heterocycles. The highest BCUT2D eigenvalue weighted by molar-refractivity contribution is 6.33. The van der Waals surface area contributed by atoms with E-state index >= 15 is 0 Å². The van der Waals surface area contributed by atoms with E-state index in [9.17, 15) is 13.2 Å². The third-order valence-electron chi connectivity index (χ3n) is 1.44. The molecule has 0 saturated heterocycles. The van der Waals surface area contributed by atoms with Crippen LogP contribution in [-0.4, -0.2) is 0 Å². The van der Waals surface area contributed by atoms with E-state index in [-0.39, 0.29) is 16.5 Å². The van der Waals surface area contributed by atoms with Crippen molar-refractivity contribution in [1.82, 2.24) is 0 Å². The van der Waals surface area contributed by atoms with Crippen LogP contribution in [0.4, 0.5) is 13.2 Å². The van der Waals surface area contributed by atoms with E-state index in [1.165, 1.54) is 6.07 Å². The largest absolute Gasteiger partial charge is 0.418 e. The van der Waals surface area contributed by atoms with Crippen LogP contribution in [0.15, 0.2) is 12.1 Å². The van der Waals surface area contributed by atoms with Gasteiger partial charge in [-0.15, -0.1) is 11.6 Å². The summed E-state index contributed by atoms with van der Waals surface area (Å²) < 4.78 is 36.6. The summed E-state index contributed by atoms with van der Waals surface area (Å²) in [5.74, 6) is -0.0450. The molecular weight excluding hydrogens is 224 g/mol. The van der Waals surface area contributed by atoms with Crippen molar-refractivity contribution in [3.05, 3.63) is 34.3 Å². The van der Waals surface area contributed by atoms with Gasteiger partial charge in [-0.3, -0.25) is 0 Å². The maximum absolute atomic E-state index is 12.2. The van der Waals surface area contributed by atoms with Gasteiger partial charge >= 0.3 is 6.18 Å². The van der Waals surface area contributed by atoms with E-state index in [1.807, 2.05) is 6.07 Å². The van der Waals surface area contributed by atoms with E-state index in [4.69, 9.17) is 23.2 Å². The summed E-state index contributed by atoms with van der Waals surface area (Å²) >= 11 is 10.8. The Labute approximate surface area is 83.3 Å². The Balaban J connectivity index is 3.24. The first-order valence-electron chi connectivity index (χ1n) is 3.29. The summed E-state index contributed by atoms with van der Waals surface area (Å²) in [6.07, 6.45) is -4.47. The zero-order chi connectivity index (χ0) is 10.1. The molecule has 1 aromatic rings. The second-order valence-electron chi connectivity index (χ2n) is 2.32. The summed E-state index contributed by atoms with van der Waals surface area (Å²) in [6, 6.07) is 4.60. The van der Waals surface area contributed by atoms with Crippen LogP contribution in [0.25, 0.3) is 0 Å². The van der Waals surface area contributed by atoms with E-state index in [1.54, 1.807) is 0 Å². The summed E-state index contributed by atoms with van der Waals surface area (Å²) in [6.45, 7) is 0. The molecule has 13 heavy (non-hydrogen) atoms. The molecule has 0 atom stereocenters. The molecule has 0 bridgehead atoms. The molecule has 0 fully saturated rings. The fraction of sp³-hybridized carbons (Fsp3) is 0.250. The van der Waals surface area contributed by atoms with Gasteiger partial charge in [0.1, 0.15) is 0 Å². The molecule has 0 aliphatic rings. The van der Waals surface area contributed by atoms with Crippen molar-refractivity contribution >= 4 is 23.2 Å². The van der Waals surface area contributed by atoms with Crippen LogP contribution in [0.3, 0.4) is 0 Å². The van der Waals surface area contributed by atoms with Gasteiger partial charge < -0.3 is 0 Å². The summed E-state index contributed by atoms with van der Waals surface area (Å²) in [5.41, 5.74) is -0.707. The molecule has 0 amide bonds. The van der Waals surface area contributed by atoms with E-state index < -0.39 is 11.7 Å². The Bertz CT molecular complexity index is 307. The highest BCUT2D eigenvalue weighted by atomic mass is 35.5. The van der Waals surface area contributed by atoms with E-state index in [0.717, 1.165) is 6.07 Å². The fourth-order valence-electron chi connectivity index (χ4n) is 0.832. The number of hydrogen-bond donors (Lipinski definition) is 0. The second kappa shape index (κ2) is 3.76. The van der Waals surface area contributed by atoms with Crippen LogP contribution in [0.1, 0.15) is 11.1 Å². The van der Waals surface area contributed by atoms with Crippen molar-refractivity contribution in [3.8, 4) is 0 Å². The first-order valence-corrected chi connectivity index (χ1v) is 4.20. The van der Waals surface area contributed by atoms with Crippen molar-refractivity contribution in [3.63, 3.8) is 0 Å². The van der Waals surface area contributed by atoms with Crippen LogP contribution in [0.5, 0.6) is 0 Å². The SMILES string of the molecule is FC(F)(F)c1[c]ccc(CCl)c1Cl. The fourth-order valence-corrected chi connectivity index (χ4v) is 1.41. The van der Waals surface area contributed by atoms with Crippen molar-refractivity contribution < 1.29 is 13.2 Å². The maximum Gasteiger partial charge on any atom is 0.418 e. The predicted octanol–water partition coefficient (Wildman–Crippen LogP) is 3.90. The maximum atomic E-state index is 12.2. The number of alkyl halides is 4. The molecule has 0 spiro atoms. The number of hydrogen-bond acceptors (Lipinski definition) is 0. The van der Waals surface area contributed by atoms with Crippen molar-refractivity contribution in [2.24, 2.45) is 0 Å². The molecule has 0 saturated carbocycles. The van der Waals surface area contributed by atoms with Crippen LogP contribution in [0.2, 0.25) is 5.02 Å². The molecule has 5 heteroatoms. The van der Waals surface area contributed by atoms with Gasteiger partial charge in [-0.25, -0.2) is 0 Å². The molecule has 1 aromatic carbocycles. The molecule has 0 nitrogen and oxygen atoms in total. The minimum absolute atomic E-state index is 0.0450. The molecule has 1 rings (SSSR count). The number of benzene rings is 1. The first-order chi connectivity index (χ1) is 5.96. The number of rotatable bonds is 1. The van der Waals surface area contributed by atoms with Gasteiger partial charge in [0.2, 0.25) is 0 Å². The molecule has 0 aliphatic heterocycles. The molecular formula is C8H4Cl2F3. The molecule has 71 valence electrons. The average Bonchev–Trinajstić information content (AvgIpc) is 2.02. The monoisotopic (exact) mass is 227 g/mol. The Morgan fingerprint density at radius 2 is 2.00 bits per heavy atom. The van der Waals surface area contributed by atoms with Crippen molar-refractivity contribution in [2.75, 3.05) is 0 Å². The summed E-state index contributed by atoms with van der Waals surface area (Å²) in [7, 11) is 0. The molecule has 0 heterocycles. The van der Waals surface area contributed by atoms with Gasteiger partial charge in [-0.05, 0) is 11.6 Å². The van der Waals surface area contributed by atoms with Gasteiger partial charge in [0.25, 0.3) is 0 Å².